The SMILES string of the molecule is COC(=O)c1cnc(NC(=O)[C@@H](C)SCc2nc3sc(C)c(C)c3c(=O)[nH]2)s1. The summed E-state index contributed by atoms with van der Waals surface area (Å²) >= 11 is 3.89. The van der Waals surface area contributed by atoms with Crippen LogP contribution in [0.4, 0.5) is 5.13 Å². The van der Waals surface area contributed by atoms with Crippen molar-refractivity contribution in [3.8, 4) is 0 Å². The zero-order valence-electron chi connectivity index (χ0n) is 15.6. The summed E-state index contributed by atoms with van der Waals surface area (Å²) in [5.41, 5.74) is 0.799. The summed E-state index contributed by atoms with van der Waals surface area (Å²) in [4.78, 5) is 49.5. The average molecular weight is 439 g/mol. The van der Waals surface area contributed by atoms with E-state index in [0.29, 0.717) is 31.8 Å². The number of carbonyl (C=O) groups excluding carboxylic acids is 2. The molecule has 0 spiro atoms. The van der Waals surface area contributed by atoms with Crippen molar-refractivity contribution in [1.29, 1.82) is 0 Å². The van der Waals surface area contributed by atoms with Gasteiger partial charge in [-0.05, 0) is 26.3 Å². The maximum Gasteiger partial charge on any atom is 0.349 e. The van der Waals surface area contributed by atoms with Crippen LogP contribution in [0.25, 0.3) is 10.2 Å². The molecular weight excluding hydrogens is 420 g/mol. The molecule has 1 amide bonds. The van der Waals surface area contributed by atoms with Crippen molar-refractivity contribution in [2.24, 2.45) is 0 Å². The highest BCUT2D eigenvalue weighted by atomic mass is 32.2. The molecule has 8 nitrogen and oxygen atoms in total. The Balaban J connectivity index is 1.63. The molecule has 0 saturated carbocycles. The van der Waals surface area contributed by atoms with E-state index in [2.05, 4.69) is 25.0 Å². The number of anilines is 1. The van der Waals surface area contributed by atoms with Crippen molar-refractivity contribution in [1.82, 2.24) is 15.0 Å². The highest BCUT2D eigenvalue weighted by Crippen LogP contribution is 2.27. The maximum absolute atomic E-state index is 12.3. The summed E-state index contributed by atoms with van der Waals surface area (Å²) in [6.07, 6.45) is 1.36. The Kier molecular flexibility index (Phi) is 6.16. The monoisotopic (exact) mass is 438 g/mol. The van der Waals surface area contributed by atoms with Crippen LogP contribution in [0, 0.1) is 13.8 Å². The number of hydrogen-bond donors (Lipinski definition) is 2. The molecular formula is C17H18N4O4S3. The van der Waals surface area contributed by atoms with Crippen LogP contribution in [-0.2, 0) is 15.3 Å². The number of esters is 1. The molecule has 2 N–H and O–H groups in total. The van der Waals surface area contributed by atoms with Crippen molar-refractivity contribution in [2.75, 3.05) is 12.4 Å². The number of thioether (sulfide) groups is 1. The Morgan fingerprint density at radius 2 is 2.11 bits per heavy atom. The van der Waals surface area contributed by atoms with Crippen LogP contribution in [0.15, 0.2) is 11.0 Å². The van der Waals surface area contributed by atoms with Gasteiger partial charge in [0.2, 0.25) is 5.91 Å². The maximum atomic E-state index is 12.3. The first-order valence-electron chi connectivity index (χ1n) is 8.25. The lowest BCUT2D eigenvalue weighted by molar-refractivity contribution is -0.115. The first-order chi connectivity index (χ1) is 13.3. The van der Waals surface area contributed by atoms with Crippen LogP contribution in [0.2, 0.25) is 0 Å². The second-order valence-electron chi connectivity index (χ2n) is 5.94. The van der Waals surface area contributed by atoms with Gasteiger partial charge in [0.25, 0.3) is 5.56 Å². The van der Waals surface area contributed by atoms with E-state index >= 15 is 0 Å². The van der Waals surface area contributed by atoms with Gasteiger partial charge in [-0.3, -0.25) is 9.59 Å². The Hall–Kier alpha value is -2.24. The lowest BCUT2D eigenvalue weighted by Crippen LogP contribution is -2.22. The second kappa shape index (κ2) is 8.41. The van der Waals surface area contributed by atoms with Gasteiger partial charge in [0.05, 0.1) is 29.7 Å². The number of ether oxygens (including phenoxy) is 1. The molecule has 1 atom stereocenters. The number of hydrogen-bond acceptors (Lipinski definition) is 9. The molecule has 0 bridgehead atoms. The molecule has 28 heavy (non-hydrogen) atoms. The van der Waals surface area contributed by atoms with Crippen LogP contribution in [0.5, 0.6) is 0 Å². The number of methoxy groups -OCH3 is 1. The summed E-state index contributed by atoms with van der Waals surface area (Å²) < 4.78 is 4.62. The summed E-state index contributed by atoms with van der Waals surface area (Å²) in [7, 11) is 1.29. The first-order valence-corrected chi connectivity index (χ1v) is 10.9. The standard InChI is InChI=1S/C17H18N4O4S3/c1-7-8(2)27-15-12(7)14(23)19-11(20-15)6-26-9(3)13(22)21-17-18-5-10(28-17)16(24)25-4/h5,9H,6H2,1-4H3,(H,18,21,22)(H,19,20,23)/t9-/m1/s1. The fourth-order valence-corrected chi connectivity index (χ4v) is 4.92. The number of rotatable bonds is 6. The molecule has 3 rings (SSSR count). The number of H-pyrrole nitrogens is 1. The van der Waals surface area contributed by atoms with Gasteiger partial charge in [-0.25, -0.2) is 14.8 Å². The molecule has 11 heteroatoms. The topological polar surface area (TPSA) is 114 Å². The van der Waals surface area contributed by atoms with E-state index in [0.717, 1.165) is 21.8 Å². The number of aryl methyl sites for hydroxylation is 2. The second-order valence-corrected chi connectivity index (χ2v) is 9.50. The quantitative estimate of drug-likeness (QED) is 0.568. The van der Waals surface area contributed by atoms with Crippen LogP contribution >= 0.6 is 34.4 Å². The lowest BCUT2D eigenvalue weighted by atomic mass is 10.2. The number of amides is 1. The van der Waals surface area contributed by atoms with Gasteiger partial charge in [0.1, 0.15) is 15.5 Å². The van der Waals surface area contributed by atoms with Crippen LogP contribution in [0.1, 0.15) is 32.9 Å². The van der Waals surface area contributed by atoms with Gasteiger partial charge in [-0.1, -0.05) is 11.3 Å². The average Bonchev–Trinajstić information content (AvgIpc) is 3.23. The molecule has 0 aliphatic rings. The van der Waals surface area contributed by atoms with Gasteiger partial charge < -0.3 is 15.0 Å². The van der Waals surface area contributed by atoms with E-state index in [1.807, 2.05) is 13.8 Å². The van der Waals surface area contributed by atoms with E-state index in [-0.39, 0.29) is 11.5 Å². The van der Waals surface area contributed by atoms with Crippen molar-refractivity contribution in [3.63, 3.8) is 0 Å². The van der Waals surface area contributed by atoms with E-state index in [9.17, 15) is 14.4 Å². The van der Waals surface area contributed by atoms with E-state index in [4.69, 9.17) is 0 Å². The molecule has 3 aromatic heterocycles. The molecule has 0 saturated heterocycles. The van der Waals surface area contributed by atoms with Crippen molar-refractivity contribution >= 4 is 61.7 Å². The number of fused-ring (bicyclic) bond motifs is 1. The molecule has 3 aromatic rings. The summed E-state index contributed by atoms with van der Waals surface area (Å²) in [6, 6.07) is 0. The normalized spacial score (nSPS) is 12.1. The number of carbonyl (C=O) groups is 2. The molecule has 0 aromatic carbocycles. The Morgan fingerprint density at radius 1 is 1.36 bits per heavy atom. The summed E-state index contributed by atoms with van der Waals surface area (Å²) in [5.74, 6) is 0.179. The number of thiophene rings is 1. The predicted octanol–water partition coefficient (Wildman–Crippen LogP) is 3.10. The van der Waals surface area contributed by atoms with Gasteiger partial charge in [0, 0.05) is 4.88 Å². The van der Waals surface area contributed by atoms with Crippen molar-refractivity contribution in [3.05, 3.63) is 37.7 Å². The number of nitrogens with zero attached hydrogens (tertiary/aromatic N) is 2. The molecule has 148 valence electrons. The van der Waals surface area contributed by atoms with Crippen LogP contribution in [-0.4, -0.2) is 39.2 Å². The van der Waals surface area contributed by atoms with Crippen LogP contribution < -0.4 is 10.9 Å². The van der Waals surface area contributed by atoms with Gasteiger partial charge in [0.15, 0.2) is 5.13 Å². The first kappa shape index (κ1) is 20.5. The highest BCUT2D eigenvalue weighted by Gasteiger charge is 2.18. The van der Waals surface area contributed by atoms with Gasteiger partial charge >= 0.3 is 5.97 Å². The smallest absolute Gasteiger partial charge is 0.349 e. The zero-order chi connectivity index (χ0) is 20.4. The minimum atomic E-state index is -0.495. The Morgan fingerprint density at radius 3 is 2.82 bits per heavy atom. The molecule has 0 aliphatic heterocycles. The van der Waals surface area contributed by atoms with E-state index in [1.165, 1.54) is 36.4 Å². The molecule has 3 heterocycles. The molecule has 0 unspecified atom stereocenters. The summed E-state index contributed by atoms with van der Waals surface area (Å²) in [6.45, 7) is 5.63. The van der Waals surface area contributed by atoms with Crippen LogP contribution in [0.3, 0.4) is 0 Å². The third kappa shape index (κ3) is 4.26. The van der Waals surface area contributed by atoms with Gasteiger partial charge in [-0.15, -0.1) is 23.1 Å². The minimum absolute atomic E-state index is 0.155. The van der Waals surface area contributed by atoms with Crippen molar-refractivity contribution < 1.29 is 14.3 Å². The molecule has 0 aliphatic carbocycles. The Bertz CT molecular complexity index is 1100. The van der Waals surface area contributed by atoms with E-state index in [1.54, 1.807) is 6.92 Å². The van der Waals surface area contributed by atoms with E-state index < -0.39 is 11.2 Å². The fourth-order valence-electron chi connectivity index (χ4n) is 2.38. The lowest BCUT2D eigenvalue weighted by Gasteiger charge is -2.10. The predicted molar refractivity (Wildman–Crippen MR) is 113 cm³/mol. The molecule has 0 radical (unpaired) electrons. The summed E-state index contributed by atoms with van der Waals surface area (Å²) in [5, 5.41) is 3.24. The third-order valence-electron chi connectivity index (χ3n) is 4.05. The number of thiazole rings is 1. The number of nitrogens with one attached hydrogen (secondary N) is 2. The zero-order valence-corrected chi connectivity index (χ0v) is 18.1. The fraction of sp³-hybridized carbons (Fsp3) is 0.353. The number of aromatic amines is 1. The Labute approximate surface area is 172 Å². The largest absolute Gasteiger partial charge is 0.465 e. The minimum Gasteiger partial charge on any atom is -0.465 e. The number of aromatic nitrogens is 3. The van der Waals surface area contributed by atoms with Crippen molar-refractivity contribution in [2.45, 2.75) is 31.8 Å². The van der Waals surface area contributed by atoms with Gasteiger partial charge in [-0.2, -0.15) is 0 Å². The third-order valence-corrected chi connectivity index (χ3v) is 7.20. The molecule has 0 fully saturated rings. The highest BCUT2D eigenvalue weighted by molar-refractivity contribution is 7.99.